The highest BCUT2D eigenvalue weighted by molar-refractivity contribution is 5.76. The molecule has 0 spiro atoms. The minimum Gasteiger partial charge on any atom is -0.337 e. The lowest BCUT2D eigenvalue weighted by molar-refractivity contribution is -0.133. The fourth-order valence-electron chi connectivity index (χ4n) is 2.15. The van der Waals surface area contributed by atoms with Crippen LogP contribution in [0.3, 0.4) is 0 Å². The van der Waals surface area contributed by atoms with Gasteiger partial charge in [0.05, 0.1) is 0 Å². The third-order valence-corrected chi connectivity index (χ3v) is 3.45. The van der Waals surface area contributed by atoms with Crippen molar-refractivity contribution in [3.8, 4) is 0 Å². The summed E-state index contributed by atoms with van der Waals surface area (Å²) >= 11 is 0. The van der Waals surface area contributed by atoms with Gasteiger partial charge in [0.1, 0.15) is 6.54 Å². The second-order valence-corrected chi connectivity index (χ2v) is 5.43. The molecule has 0 aromatic carbocycles. The Hall–Kier alpha value is -2.24. The van der Waals surface area contributed by atoms with Crippen molar-refractivity contribution in [2.45, 2.75) is 52.6 Å². The van der Waals surface area contributed by atoms with Crippen molar-refractivity contribution in [3.63, 3.8) is 0 Å². The molecule has 2 aromatic rings. The Bertz CT molecular complexity index is 595. The highest BCUT2D eigenvalue weighted by Gasteiger charge is 2.20. The van der Waals surface area contributed by atoms with Crippen molar-refractivity contribution in [2.24, 2.45) is 0 Å². The van der Waals surface area contributed by atoms with Crippen LogP contribution in [0.15, 0.2) is 29.0 Å². The van der Waals surface area contributed by atoms with Gasteiger partial charge < -0.3 is 9.42 Å². The van der Waals surface area contributed by atoms with E-state index in [1.165, 1.54) is 0 Å². The van der Waals surface area contributed by atoms with Crippen LogP contribution < -0.4 is 0 Å². The number of rotatable bonds is 7. The molecule has 2 heterocycles. The van der Waals surface area contributed by atoms with Crippen molar-refractivity contribution in [1.29, 1.82) is 0 Å². The molecular formula is C16H22N4O2. The molecule has 6 heteroatoms. The smallest absolute Gasteiger partial charge is 0.246 e. The van der Waals surface area contributed by atoms with Crippen LogP contribution >= 0.6 is 0 Å². The third kappa shape index (κ3) is 4.38. The maximum atomic E-state index is 12.5. The molecule has 0 aliphatic heterocycles. The predicted octanol–water partition coefficient (Wildman–Crippen LogP) is 2.40. The summed E-state index contributed by atoms with van der Waals surface area (Å²) in [5.74, 6) is 1.24. The summed E-state index contributed by atoms with van der Waals surface area (Å²) in [6, 6.07) is 3.94. The molecule has 0 radical (unpaired) electrons. The first-order valence-electron chi connectivity index (χ1n) is 7.60. The van der Waals surface area contributed by atoms with Crippen LogP contribution in [0.5, 0.6) is 0 Å². The molecule has 0 N–H and O–H groups in total. The SMILES string of the molecule is CCc1noc(CN(C(=O)CCc2ccncc2)C(C)C)n1. The van der Waals surface area contributed by atoms with Crippen LogP contribution in [0, 0.1) is 0 Å². The average Bonchev–Trinajstić information content (AvgIpc) is 2.99. The van der Waals surface area contributed by atoms with Crippen molar-refractivity contribution >= 4 is 5.91 Å². The number of hydrogen-bond acceptors (Lipinski definition) is 5. The van der Waals surface area contributed by atoms with Crippen LogP contribution in [-0.2, 0) is 24.2 Å². The molecule has 0 aliphatic rings. The first-order valence-corrected chi connectivity index (χ1v) is 7.60. The fraction of sp³-hybridized carbons (Fsp3) is 0.500. The van der Waals surface area contributed by atoms with Gasteiger partial charge in [-0.15, -0.1) is 0 Å². The molecule has 0 atom stereocenters. The van der Waals surface area contributed by atoms with E-state index in [4.69, 9.17) is 4.52 Å². The molecule has 0 saturated carbocycles. The summed E-state index contributed by atoms with van der Waals surface area (Å²) in [5, 5.41) is 3.87. The fourth-order valence-corrected chi connectivity index (χ4v) is 2.15. The second-order valence-electron chi connectivity index (χ2n) is 5.43. The highest BCUT2D eigenvalue weighted by Crippen LogP contribution is 2.11. The van der Waals surface area contributed by atoms with Gasteiger partial charge in [0, 0.05) is 31.3 Å². The van der Waals surface area contributed by atoms with E-state index in [1.807, 2.05) is 32.9 Å². The Labute approximate surface area is 130 Å². The Morgan fingerprint density at radius 2 is 2.05 bits per heavy atom. The van der Waals surface area contributed by atoms with Crippen molar-refractivity contribution in [3.05, 3.63) is 41.8 Å². The van der Waals surface area contributed by atoms with E-state index >= 15 is 0 Å². The molecule has 0 aliphatic carbocycles. The normalized spacial score (nSPS) is 10.9. The quantitative estimate of drug-likeness (QED) is 0.785. The summed E-state index contributed by atoms with van der Waals surface area (Å²) in [4.78, 5) is 22.5. The van der Waals surface area contributed by atoms with Crippen LogP contribution in [0.4, 0.5) is 0 Å². The Morgan fingerprint density at radius 3 is 2.64 bits per heavy atom. The Kier molecular flexibility index (Phi) is 5.63. The van der Waals surface area contributed by atoms with Gasteiger partial charge in [-0.2, -0.15) is 4.98 Å². The van der Waals surface area contributed by atoms with E-state index in [0.29, 0.717) is 31.1 Å². The van der Waals surface area contributed by atoms with Crippen LogP contribution in [0.2, 0.25) is 0 Å². The van der Waals surface area contributed by atoms with E-state index in [2.05, 4.69) is 15.1 Å². The molecule has 0 saturated heterocycles. The summed E-state index contributed by atoms with van der Waals surface area (Å²) in [7, 11) is 0. The molecule has 6 nitrogen and oxygen atoms in total. The number of nitrogens with zero attached hydrogens (tertiary/aromatic N) is 4. The molecule has 118 valence electrons. The standard InChI is InChI=1S/C16H22N4O2/c1-4-14-18-15(22-19-14)11-20(12(2)3)16(21)6-5-13-7-9-17-10-8-13/h7-10,12H,4-6,11H2,1-3H3. The lowest BCUT2D eigenvalue weighted by Gasteiger charge is -2.25. The predicted molar refractivity (Wildman–Crippen MR) is 81.9 cm³/mol. The Morgan fingerprint density at radius 1 is 1.32 bits per heavy atom. The molecule has 0 bridgehead atoms. The number of pyridine rings is 1. The van der Waals surface area contributed by atoms with E-state index in [1.54, 1.807) is 17.3 Å². The minimum absolute atomic E-state index is 0.0851. The summed E-state index contributed by atoms with van der Waals surface area (Å²) in [5.41, 5.74) is 1.11. The number of carbonyl (C=O) groups excluding carboxylic acids is 1. The van der Waals surface area contributed by atoms with Gasteiger partial charge in [0.15, 0.2) is 5.82 Å². The van der Waals surface area contributed by atoms with Gasteiger partial charge in [-0.1, -0.05) is 12.1 Å². The topological polar surface area (TPSA) is 72.1 Å². The number of amides is 1. The molecule has 0 fully saturated rings. The molecule has 0 unspecified atom stereocenters. The first-order chi connectivity index (χ1) is 10.6. The van der Waals surface area contributed by atoms with E-state index in [0.717, 1.165) is 12.0 Å². The van der Waals surface area contributed by atoms with E-state index < -0.39 is 0 Å². The van der Waals surface area contributed by atoms with E-state index in [9.17, 15) is 4.79 Å². The average molecular weight is 302 g/mol. The maximum Gasteiger partial charge on any atom is 0.246 e. The van der Waals surface area contributed by atoms with Gasteiger partial charge in [-0.05, 0) is 38.0 Å². The van der Waals surface area contributed by atoms with Crippen molar-refractivity contribution in [2.75, 3.05) is 0 Å². The molecular weight excluding hydrogens is 280 g/mol. The number of carbonyl (C=O) groups is 1. The van der Waals surface area contributed by atoms with Gasteiger partial charge in [-0.25, -0.2) is 0 Å². The zero-order chi connectivity index (χ0) is 15.9. The molecule has 2 aromatic heterocycles. The lowest BCUT2D eigenvalue weighted by Crippen LogP contribution is -2.36. The molecule has 1 amide bonds. The van der Waals surface area contributed by atoms with Gasteiger partial charge in [-0.3, -0.25) is 9.78 Å². The minimum atomic E-state index is 0.0851. The van der Waals surface area contributed by atoms with Crippen molar-refractivity contribution in [1.82, 2.24) is 20.0 Å². The summed E-state index contributed by atoms with van der Waals surface area (Å²) < 4.78 is 5.19. The van der Waals surface area contributed by atoms with Crippen LogP contribution in [-0.4, -0.2) is 32.0 Å². The zero-order valence-electron chi connectivity index (χ0n) is 13.3. The van der Waals surface area contributed by atoms with Gasteiger partial charge in [0.25, 0.3) is 0 Å². The maximum absolute atomic E-state index is 12.5. The van der Waals surface area contributed by atoms with Gasteiger partial charge >= 0.3 is 0 Å². The second kappa shape index (κ2) is 7.68. The van der Waals surface area contributed by atoms with Gasteiger partial charge in [0.2, 0.25) is 11.8 Å². The number of hydrogen-bond donors (Lipinski definition) is 0. The highest BCUT2D eigenvalue weighted by atomic mass is 16.5. The lowest BCUT2D eigenvalue weighted by atomic mass is 10.1. The zero-order valence-corrected chi connectivity index (χ0v) is 13.3. The largest absolute Gasteiger partial charge is 0.337 e. The summed E-state index contributed by atoms with van der Waals surface area (Å²) in [6.45, 7) is 6.30. The van der Waals surface area contributed by atoms with Crippen LogP contribution in [0.1, 0.15) is 44.5 Å². The van der Waals surface area contributed by atoms with Crippen molar-refractivity contribution < 1.29 is 9.32 Å². The number of aryl methyl sites for hydroxylation is 2. The third-order valence-electron chi connectivity index (χ3n) is 3.45. The summed E-state index contributed by atoms with van der Waals surface area (Å²) in [6.07, 6.45) is 5.36. The number of aromatic nitrogens is 3. The Balaban J connectivity index is 1.96. The first kappa shape index (κ1) is 16.1. The monoisotopic (exact) mass is 302 g/mol. The van der Waals surface area contributed by atoms with E-state index in [-0.39, 0.29) is 11.9 Å². The van der Waals surface area contributed by atoms with Crippen LogP contribution in [0.25, 0.3) is 0 Å². The molecule has 22 heavy (non-hydrogen) atoms. The molecule has 2 rings (SSSR count).